The lowest BCUT2D eigenvalue weighted by molar-refractivity contribution is 0.0955. The van der Waals surface area contributed by atoms with Gasteiger partial charge in [-0.1, -0.05) is 48.0 Å². The van der Waals surface area contributed by atoms with Crippen LogP contribution in [-0.2, 0) is 6.61 Å². The lowest BCUT2D eigenvalue weighted by Gasteiger charge is -2.12. The molecule has 1 N–H and O–H groups in total. The second-order valence-corrected chi connectivity index (χ2v) is 6.26. The summed E-state index contributed by atoms with van der Waals surface area (Å²) in [6.45, 7) is 0.330. The van der Waals surface area contributed by atoms with E-state index in [0.29, 0.717) is 28.7 Å². The van der Waals surface area contributed by atoms with Crippen LogP contribution in [0.5, 0.6) is 11.5 Å². The average molecular weight is 395 g/mol. The molecular weight excluding hydrogens is 376 g/mol. The summed E-state index contributed by atoms with van der Waals surface area (Å²) in [4.78, 5) is 12.0. The maximum Gasteiger partial charge on any atom is 0.271 e. The number of rotatable bonds is 7. The molecule has 0 fully saturated rings. The molecule has 0 bridgehead atoms. The van der Waals surface area contributed by atoms with E-state index in [1.165, 1.54) is 0 Å². The Morgan fingerprint density at radius 3 is 2.54 bits per heavy atom. The molecule has 28 heavy (non-hydrogen) atoms. The van der Waals surface area contributed by atoms with Crippen LogP contribution in [0, 0.1) is 0 Å². The van der Waals surface area contributed by atoms with Crippen LogP contribution in [-0.4, -0.2) is 19.2 Å². The molecule has 0 aliphatic carbocycles. The summed E-state index contributed by atoms with van der Waals surface area (Å²) in [7, 11) is 1.57. The van der Waals surface area contributed by atoms with Gasteiger partial charge in [-0.25, -0.2) is 5.43 Å². The van der Waals surface area contributed by atoms with Crippen molar-refractivity contribution in [3.63, 3.8) is 0 Å². The fourth-order valence-electron chi connectivity index (χ4n) is 2.47. The minimum Gasteiger partial charge on any atom is -0.493 e. The first-order valence-corrected chi connectivity index (χ1v) is 8.98. The molecule has 0 spiro atoms. The number of carbonyl (C=O) groups excluding carboxylic acids is 1. The van der Waals surface area contributed by atoms with Crippen molar-refractivity contribution in [2.75, 3.05) is 7.11 Å². The predicted octanol–water partition coefficient (Wildman–Crippen LogP) is 4.69. The number of methoxy groups -OCH3 is 1. The van der Waals surface area contributed by atoms with Gasteiger partial charge in [0.2, 0.25) is 0 Å². The van der Waals surface area contributed by atoms with Gasteiger partial charge in [0.15, 0.2) is 11.5 Å². The monoisotopic (exact) mass is 394 g/mol. The number of benzene rings is 3. The third kappa shape index (κ3) is 5.11. The van der Waals surface area contributed by atoms with Crippen molar-refractivity contribution in [3.8, 4) is 11.5 Å². The molecule has 5 nitrogen and oxygen atoms in total. The highest BCUT2D eigenvalue weighted by Gasteiger charge is 2.07. The molecule has 3 aromatic rings. The molecule has 0 saturated carbocycles. The van der Waals surface area contributed by atoms with Gasteiger partial charge in [-0.3, -0.25) is 4.79 Å². The number of nitrogens with zero attached hydrogens (tertiary/aromatic N) is 1. The van der Waals surface area contributed by atoms with E-state index in [4.69, 9.17) is 21.1 Å². The number of ether oxygens (including phenoxy) is 2. The highest BCUT2D eigenvalue weighted by Crippen LogP contribution is 2.29. The Kier molecular flexibility index (Phi) is 6.65. The van der Waals surface area contributed by atoms with Crippen molar-refractivity contribution >= 4 is 23.7 Å². The van der Waals surface area contributed by atoms with E-state index in [-0.39, 0.29) is 5.91 Å². The van der Waals surface area contributed by atoms with Gasteiger partial charge in [0.1, 0.15) is 6.61 Å². The van der Waals surface area contributed by atoms with Crippen molar-refractivity contribution in [1.29, 1.82) is 0 Å². The molecule has 142 valence electrons. The van der Waals surface area contributed by atoms with Crippen LogP contribution in [0.25, 0.3) is 0 Å². The quantitative estimate of drug-likeness (QED) is 0.467. The van der Waals surface area contributed by atoms with E-state index in [1.807, 2.05) is 36.4 Å². The lowest BCUT2D eigenvalue weighted by Crippen LogP contribution is -2.17. The Labute approximate surface area is 168 Å². The Balaban J connectivity index is 1.64. The van der Waals surface area contributed by atoms with E-state index < -0.39 is 0 Å². The molecule has 0 radical (unpaired) electrons. The summed E-state index contributed by atoms with van der Waals surface area (Å²) in [6, 6.07) is 21.8. The lowest BCUT2D eigenvalue weighted by atomic mass is 10.2. The molecule has 0 atom stereocenters. The first-order chi connectivity index (χ1) is 13.7. The maximum absolute atomic E-state index is 12.0. The summed E-state index contributed by atoms with van der Waals surface area (Å²) in [5.41, 5.74) is 4.69. The van der Waals surface area contributed by atoms with Gasteiger partial charge in [0.05, 0.1) is 13.3 Å². The second-order valence-electron chi connectivity index (χ2n) is 5.86. The standard InChI is InChI=1S/C22H19ClN2O3/c1-27-21-13-16(14-24-25-22(26)17-7-3-2-4-8-17)11-12-20(21)28-15-18-9-5-6-10-19(18)23/h2-14H,15H2,1H3,(H,25,26)/b24-14-. The second kappa shape index (κ2) is 9.58. The van der Waals surface area contributed by atoms with E-state index in [0.717, 1.165) is 11.1 Å². The zero-order chi connectivity index (χ0) is 19.8. The van der Waals surface area contributed by atoms with Crippen molar-refractivity contribution in [2.24, 2.45) is 5.10 Å². The van der Waals surface area contributed by atoms with Crippen LogP contribution in [0.15, 0.2) is 77.9 Å². The molecule has 0 heterocycles. The van der Waals surface area contributed by atoms with Crippen LogP contribution in [0.3, 0.4) is 0 Å². The van der Waals surface area contributed by atoms with Crippen LogP contribution in [0.4, 0.5) is 0 Å². The summed E-state index contributed by atoms with van der Waals surface area (Å²) in [5, 5.41) is 4.64. The van der Waals surface area contributed by atoms with Crippen molar-refractivity contribution < 1.29 is 14.3 Å². The Morgan fingerprint density at radius 2 is 1.79 bits per heavy atom. The predicted molar refractivity (Wildman–Crippen MR) is 110 cm³/mol. The third-order valence-corrected chi connectivity index (χ3v) is 4.31. The summed E-state index contributed by atoms with van der Waals surface area (Å²) >= 11 is 6.15. The van der Waals surface area contributed by atoms with Crippen LogP contribution < -0.4 is 14.9 Å². The highest BCUT2D eigenvalue weighted by molar-refractivity contribution is 6.31. The number of carbonyl (C=O) groups is 1. The van der Waals surface area contributed by atoms with Gasteiger partial charge < -0.3 is 9.47 Å². The van der Waals surface area contributed by atoms with Gasteiger partial charge in [-0.2, -0.15) is 5.10 Å². The van der Waals surface area contributed by atoms with E-state index in [2.05, 4.69) is 10.5 Å². The maximum atomic E-state index is 12.0. The first-order valence-electron chi connectivity index (χ1n) is 8.60. The molecule has 3 rings (SSSR count). The van der Waals surface area contributed by atoms with E-state index in [1.54, 1.807) is 49.7 Å². The summed E-state index contributed by atoms with van der Waals surface area (Å²) in [5.74, 6) is 0.877. The normalized spacial score (nSPS) is 10.6. The fraction of sp³-hybridized carbons (Fsp3) is 0.0909. The molecule has 0 aromatic heterocycles. The number of halogens is 1. The van der Waals surface area contributed by atoms with Crippen molar-refractivity contribution in [3.05, 3.63) is 94.5 Å². The Bertz CT molecular complexity index is 975. The molecule has 1 amide bonds. The Hall–Kier alpha value is -3.31. The molecule has 0 aliphatic heterocycles. The molecule has 0 aliphatic rings. The van der Waals surface area contributed by atoms with E-state index >= 15 is 0 Å². The molecule has 0 unspecified atom stereocenters. The highest BCUT2D eigenvalue weighted by atomic mass is 35.5. The number of amides is 1. The van der Waals surface area contributed by atoms with Gasteiger partial charge in [0.25, 0.3) is 5.91 Å². The molecule has 0 saturated heterocycles. The van der Waals surface area contributed by atoms with E-state index in [9.17, 15) is 4.79 Å². The van der Waals surface area contributed by atoms with Crippen molar-refractivity contribution in [2.45, 2.75) is 6.61 Å². The fourth-order valence-corrected chi connectivity index (χ4v) is 2.66. The van der Waals surface area contributed by atoms with Crippen molar-refractivity contribution in [1.82, 2.24) is 5.43 Å². The van der Waals surface area contributed by atoms with Crippen LogP contribution in [0.2, 0.25) is 5.02 Å². The van der Waals surface area contributed by atoms with Gasteiger partial charge in [-0.15, -0.1) is 0 Å². The summed E-state index contributed by atoms with van der Waals surface area (Å²) < 4.78 is 11.2. The van der Waals surface area contributed by atoms with Gasteiger partial charge in [0, 0.05) is 16.1 Å². The minimum absolute atomic E-state index is 0.275. The molecular formula is C22H19ClN2O3. The topological polar surface area (TPSA) is 59.9 Å². The van der Waals surface area contributed by atoms with Gasteiger partial charge >= 0.3 is 0 Å². The number of hydrogen-bond acceptors (Lipinski definition) is 4. The average Bonchev–Trinajstić information content (AvgIpc) is 2.74. The molecule has 3 aromatic carbocycles. The van der Waals surface area contributed by atoms with Crippen LogP contribution in [0.1, 0.15) is 21.5 Å². The Morgan fingerprint density at radius 1 is 1.04 bits per heavy atom. The smallest absolute Gasteiger partial charge is 0.271 e. The third-order valence-electron chi connectivity index (χ3n) is 3.94. The first kappa shape index (κ1) is 19.5. The largest absolute Gasteiger partial charge is 0.493 e. The number of hydrogen-bond donors (Lipinski definition) is 1. The zero-order valence-electron chi connectivity index (χ0n) is 15.3. The van der Waals surface area contributed by atoms with Crippen LogP contribution >= 0.6 is 11.6 Å². The number of nitrogens with one attached hydrogen (secondary N) is 1. The number of hydrazone groups is 1. The zero-order valence-corrected chi connectivity index (χ0v) is 16.0. The molecule has 6 heteroatoms. The summed E-state index contributed by atoms with van der Waals surface area (Å²) in [6.07, 6.45) is 1.54. The minimum atomic E-state index is -0.275. The van der Waals surface area contributed by atoms with Gasteiger partial charge in [-0.05, 0) is 42.0 Å². The SMILES string of the molecule is COc1cc(/C=N\NC(=O)c2ccccc2)ccc1OCc1ccccc1Cl.